The van der Waals surface area contributed by atoms with E-state index in [1.54, 1.807) is 4.90 Å². The van der Waals surface area contributed by atoms with Crippen LogP contribution in [0.15, 0.2) is 41.7 Å². The summed E-state index contributed by atoms with van der Waals surface area (Å²) in [5, 5.41) is 1.23. The number of piperazine rings is 1. The lowest BCUT2D eigenvalue weighted by Crippen LogP contribution is -2.50. The molecule has 2 unspecified atom stereocenters. The minimum Gasteiger partial charge on any atom is -0.498 e. The molecule has 7 nitrogen and oxygen atoms in total. The van der Waals surface area contributed by atoms with Gasteiger partial charge in [0.1, 0.15) is 5.76 Å². The first-order valence-electron chi connectivity index (χ1n) is 17.8. The van der Waals surface area contributed by atoms with Gasteiger partial charge in [0.05, 0.1) is 28.4 Å². The quantitative estimate of drug-likeness (QED) is 0.108. The average Bonchev–Trinajstić information content (AvgIpc) is 3.06. The average molecular weight is 677 g/mol. The maximum Gasteiger partial charge on any atom is 0.307 e. The van der Waals surface area contributed by atoms with Crippen molar-refractivity contribution in [3.05, 3.63) is 51.7 Å². The molecular weight excluding hydrogens is 621 g/mol. The maximum atomic E-state index is 12.9. The Hall–Kier alpha value is -2.22. The summed E-state index contributed by atoms with van der Waals surface area (Å²) in [6.07, 6.45) is 18.7. The maximum absolute atomic E-state index is 12.9. The van der Waals surface area contributed by atoms with E-state index in [-0.39, 0.29) is 30.6 Å². The van der Waals surface area contributed by atoms with Crippen molar-refractivity contribution in [2.45, 2.75) is 110 Å². The van der Waals surface area contributed by atoms with E-state index in [9.17, 15) is 9.59 Å². The molecule has 1 amide bonds. The fraction of sp³-hybridized carbons (Fsp3) is 0.676. The summed E-state index contributed by atoms with van der Waals surface area (Å²) in [7, 11) is 0. The van der Waals surface area contributed by atoms with Crippen LogP contribution >= 0.6 is 23.2 Å². The predicted octanol–water partition coefficient (Wildman–Crippen LogP) is 8.78. The summed E-state index contributed by atoms with van der Waals surface area (Å²) >= 11 is 12.6. The van der Waals surface area contributed by atoms with Crippen molar-refractivity contribution < 1.29 is 19.1 Å². The van der Waals surface area contributed by atoms with Gasteiger partial charge < -0.3 is 19.3 Å². The molecule has 2 heterocycles. The van der Waals surface area contributed by atoms with Gasteiger partial charge >= 0.3 is 5.97 Å². The molecular formula is C37H55Cl2N3O4. The molecule has 1 aromatic rings. The van der Waals surface area contributed by atoms with Crippen LogP contribution in [0.4, 0.5) is 5.69 Å². The van der Waals surface area contributed by atoms with E-state index in [2.05, 4.69) is 35.8 Å². The number of esters is 1. The molecule has 2 aliphatic heterocycles. The number of carbonyl (C=O) groups excluding carboxylic acids is 2. The predicted molar refractivity (Wildman–Crippen MR) is 188 cm³/mol. The third kappa shape index (κ3) is 10.9. The van der Waals surface area contributed by atoms with Gasteiger partial charge in [-0.05, 0) is 56.0 Å². The highest BCUT2D eigenvalue weighted by Crippen LogP contribution is 2.36. The van der Waals surface area contributed by atoms with E-state index in [0.717, 1.165) is 76.3 Å². The first-order chi connectivity index (χ1) is 22.4. The Morgan fingerprint density at radius 3 is 2.35 bits per heavy atom. The summed E-state index contributed by atoms with van der Waals surface area (Å²) in [5.74, 6) is 0.758. The molecule has 0 N–H and O–H groups in total. The molecule has 0 saturated carbocycles. The number of halogens is 2. The number of allylic oxidation sites excluding steroid dienone is 2. The van der Waals surface area contributed by atoms with Gasteiger partial charge in [0.15, 0.2) is 6.73 Å². The Bertz CT molecular complexity index is 1180. The summed E-state index contributed by atoms with van der Waals surface area (Å²) in [4.78, 5) is 32.0. The van der Waals surface area contributed by atoms with Crippen LogP contribution in [0.5, 0.6) is 0 Å². The number of fused-ring (bicyclic) bond motifs is 1. The van der Waals surface area contributed by atoms with E-state index in [1.165, 1.54) is 50.5 Å². The van der Waals surface area contributed by atoms with Gasteiger partial charge in [-0.15, -0.1) is 0 Å². The number of nitrogens with zero attached hydrogens (tertiary/aromatic N) is 3. The number of carbonyl (C=O) groups is 2. The fourth-order valence-corrected chi connectivity index (χ4v) is 7.28. The Morgan fingerprint density at radius 1 is 0.891 bits per heavy atom. The van der Waals surface area contributed by atoms with E-state index < -0.39 is 0 Å². The van der Waals surface area contributed by atoms with Crippen LogP contribution in [0, 0.1) is 5.92 Å². The van der Waals surface area contributed by atoms with Crippen LogP contribution in [0.1, 0.15) is 104 Å². The second kappa shape index (κ2) is 19.6. The van der Waals surface area contributed by atoms with Gasteiger partial charge in [-0.25, -0.2) is 0 Å². The van der Waals surface area contributed by atoms with Crippen LogP contribution in [0.3, 0.4) is 0 Å². The van der Waals surface area contributed by atoms with Crippen molar-refractivity contribution >= 4 is 40.8 Å². The lowest BCUT2D eigenvalue weighted by atomic mass is 9.82. The number of hydrogen-bond acceptors (Lipinski definition) is 6. The van der Waals surface area contributed by atoms with Gasteiger partial charge in [0.2, 0.25) is 5.91 Å². The highest BCUT2D eigenvalue weighted by molar-refractivity contribution is 6.43. The van der Waals surface area contributed by atoms with Crippen LogP contribution < -0.4 is 4.90 Å². The molecule has 0 spiro atoms. The zero-order valence-corrected chi connectivity index (χ0v) is 29.6. The summed E-state index contributed by atoms with van der Waals surface area (Å²) in [6.45, 7) is 9.91. The number of anilines is 1. The van der Waals surface area contributed by atoms with Gasteiger partial charge in [-0.1, -0.05) is 101 Å². The van der Waals surface area contributed by atoms with E-state index in [0.29, 0.717) is 29.5 Å². The van der Waals surface area contributed by atoms with E-state index in [1.807, 2.05) is 18.2 Å². The van der Waals surface area contributed by atoms with E-state index in [4.69, 9.17) is 32.7 Å². The fourth-order valence-electron chi connectivity index (χ4n) is 6.87. The molecule has 9 heteroatoms. The molecule has 3 aliphatic rings. The van der Waals surface area contributed by atoms with Crippen molar-refractivity contribution in [1.82, 2.24) is 9.80 Å². The third-order valence-corrected chi connectivity index (χ3v) is 10.5. The van der Waals surface area contributed by atoms with Crippen LogP contribution in [-0.4, -0.2) is 73.8 Å². The molecule has 2 fully saturated rings. The Morgan fingerprint density at radius 2 is 1.61 bits per heavy atom. The minimum atomic E-state index is -0.211. The molecule has 46 heavy (non-hydrogen) atoms. The summed E-state index contributed by atoms with van der Waals surface area (Å²) in [5.41, 5.74) is 2.23. The largest absolute Gasteiger partial charge is 0.498 e. The SMILES string of the molecule is CCCCCCCCCCCC(=O)OCN1C(=O)CCC2=CC=C(OCCCCN3CCN(c4cccc(Cl)c4Cl)CC3)C(C)C21. The third-order valence-electron chi connectivity index (χ3n) is 9.68. The highest BCUT2D eigenvalue weighted by Gasteiger charge is 2.39. The van der Waals surface area contributed by atoms with Crippen molar-refractivity contribution in [3.8, 4) is 0 Å². The zero-order chi connectivity index (χ0) is 32.7. The molecule has 1 aliphatic carbocycles. The number of likely N-dealkylation sites (tertiary alicyclic amines) is 1. The second-order valence-corrected chi connectivity index (χ2v) is 13.9. The standard InChI is InChI=1S/C37H55Cl2N3O4/c1-3-4-5-6-7-8-9-10-11-17-35(44)46-28-42-34(43)21-19-30-18-20-33(29(2)37(30)42)45-27-13-12-22-40-23-25-41(26-24-40)32-16-14-15-31(38)36(32)39/h14-16,18,20,29,37H,3-13,17,19,21-28H2,1-2H3. The molecule has 0 radical (unpaired) electrons. The minimum absolute atomic E-state index is 0.0193. The molecule has 1 aromatic carbocycles. The van der Waals surface area contributed by atoms with Gasteiger partial charge in [-0.2, -0.15) is 0 Å². The second-order valence-electron chi connectivity index (χ2n) is 13.1. The normalized spacial score (nSPS) is 20.3. The zero-order valence-electron chi connectivity index (χ0n) is 28.1. The monoisotopic (exact) mass is 675 g/mol. The lowest BCUT2D eigenvalue weighted by Gasteiger charge is -2.42. The van der Waals surface area contributed by atoms with Crippen molar-refractivity contribution in [2.75, 3.05) is 51.0 Å². The molecule has 2 atom stereocenters. The highest BCUT2D eigenvalue weighted by atomic mass is 35.5. The Labute approximate surface area is 287 Å². The number of benzene rings is 1. The Kier molecular flexibility index (Phi) is 15.6. The van der Waals surface area contributed by atoms with Gasteiger partial charge in [0, 0.05) is 44.9 Å². The number of ether oxygens (including phenoxy) is 2. The molecule has 4 rings (SSSR count). The molecule has 2 saturated heterocycles. The molecule has 0 bridgehead atoms. The first-order valence-corrected chi connectivity index (χ1v) is 18.5. The van der Waals surface area contributed by atoms with E-state index >= 15 is 0 Å². The van der Waals surface area contributed by atoms with Crippen LogP contribution in [-0.2, 0) is 19.1 Å². The van der Waals surface area contributed by atoms with Crippen molar-refractivity contribution in [2.24, 2.45) is 5.92 Å². The number of rotatable bonds is 19. The summed E-state index contributed by atoms with van der Waals surface area (Å²) in [6, 6.07) is 5.69. The lowest BCUT2D eigenvalue weighted by molar-refractivity contribution is -0.156. The smallest absolute Gasteiger partial charge is 0.307 e. The van der Waals surface area contributed by atoms with Crippen molar-refractivity contribution in [3.63, 3.8) is 0 Å². The number of piperidine rings is 1. The van der Waals surface area contributed by atoms with Gasteiger partial charge in [0.25, 0.3) is 0 Å². The topological polar surface area (TPSA) is 62.3 Å². The Balaban J connectivity index is 1.12. The number of amides is 1. The first kappa shape index (κ1) is 36.6. The summed E-state index contributed by atoms with van der Waals surface area (Å²) < 4.78 is 11.9. The molecule has 256 valence electrons. The van der Waals surface area contributed by atoms with Crippen LogP contribution in [0.25, 0.3) is 0 Å². The number of hydrogen-bond donors (Lipinski definition) is 0. The number of unbranched alkanes of at least 4 members (excludes halogenated alkanes) is 9. The van der Waals surface area contributed by atoms with Crippen LogP contribution in [0.2, 0.25) is 10.0 Å². The molecule has 0 aromatic heterocycles. The van der Waals surface area contributed by atoms with Crippen molar-refractivity contribution in [1.29, 1.82) is 0 Å². The van der Waals surface area contributed by atoms with Gasteiger partial charge in [-0.3, -0.25) is 14.5 Å².